The van der Waals surface area contributed by atoms with E-state index in [1.165, 1.54) is 5.56 Å². The van der Waals surface area contributed by atoms with Crippen molar-refractivity contribution < 1.29 is 5.11 Å². The van der Waals surface area contributed by atoms with Crippen LogP contribution in [-0.2, 0) is 13.2 Å². The monoisotopic (exact) mass is 306 g/mol. The Balaban J connectivity index is 2.09. The molecule has 0 atom stereocenters. The number of halogens is 1. The summed E-state index contributed by atoms with van der Waals surface area (Å²) in [7, 11) is 2.00. The van der Waals surface area contributed by atoms with Crippen molar-refractivity contribution in [2.24, 2.45) is 0 Å². The van der Waals surface area contributed by atoms with Crippen molar-refractivity contribution in [2.45, 2.75) is 13.2 Å². The van der Waals surface area contributed by atoms with Gasteiger partial charge in [-0.25, -0.2) is 4.98 Å². The number of aliphatic hydroxyl groups excluding tert-OH is 1. The van der Waals surface area contributed by atoms with Gasteiger partial charge in [-0.05, 0) is 29.3 Å². The zero-order valence-corrected chi connectivity index (χ0v) is 11.8. The fourth-order valence-corrected chi connectivity index (χ4v) is 2.17. The van der Waals surface area contributed by atoms with Crippen molar-refractivity contribution in [2.75, 3.05) is 11.9 Å². The lowest BCUT2D eigenvalue weighted by molar-refractivity contribution is 0.281. The van der Waals surface area contributed by atoms with Crippen LogP contribution >= 0.6 is 15.9 Å². The van der Waals surface area contributed by atoms with E-state index >= 15 is 0 Å². The van der Waals surface area contributed by atoms with Crippen LogP contribution in [0.3, 0.4) is 0 Å². The fraction of sp³-hybridized carbons (Fsp3) is 0.214. The highest BCUT2D eigenvalue weighted by Crippen LogP contribution is 2.16. The van der Waals surface area contributed by atoms with Crippen LogP contribution in [0.25, 0.3) is 0 Å². The Morgan fingerprint density at radius 1 is 1.22 bits per heavy atom. The number of aromatic nitrogens is 1. The molecule has 1 aromatic heterocycles. The summed E-state index contributed by atoms with van der Waals surface area (Å²) in [5, 5.41) is 8.97. The standard InChI is InChI=1S/C14H15BrN2O/c1-17(9-11-3-2-4-13(15)7-11)14-6-5-12(10-18)8-16-14/h2-8,18H,9-10H2,1H3. The number of benzene rings is 1. The van der Waals surface area contributed by atoms with E-state index < -0.39 is 0 Å². The molecule has 0 saturated carbocycles. The van der Waals surface area contributed by atoms with Crippen molar-refractivity contribution in [3.8, 4) is 0 Å². The lowest BCUT2D eigenvalue weighted by Gasteiger charge is -2.18. The third-order valence-corrected chi connectivity index (χ3v) is 3.18. The summed E-state index contributed by atoms with van der Waals surface area (Å²) in [6.45, 7) is 0.827. The zero-order chi connectivity index (χ0) is 13.0. The van der Waals surface area contributed by atoms with Crippen molar-refractivity contribution in [1.82, 2.24) is 4.98 Å². The Labute approximate surface area is 115 Å². The van der Waals surface area contributed by atoms with E-state index in [0.29, 0.717) is 0 Å². The minimum atomic E-state index is 0.0304. The number of aliphatic hydroxyl groups is 1. The van der Waals surface area contributed by atoms with Crippen LogP contribution in [0.1, 0.15) is 11.1 Å². The molecule has 18 heavy (non-hydrogen) atoms. The van der Waals surface area contributed by atoms with E-state index in [-0.39, 0.29) is 6.61 Å². The summed E-state index contributed by atoms with van der Waals surface area (Å²) in [5.74, 6) is 0.896. The lowest BCUT2D eigenvalue weighted by atomic mass is 10.2. The number of pyridine rings is 1. The van der Waals surface area contributed by atoms with E-state index in [1.807, 2.05) is 31.3 Å². The SMILES string of the molecule is CN(Cc1cccc(Br)c1)c1ccc(CO)cn1. The second-order valence-electron chi connectivity index (χ2n) is 4.17. The van der Waals surface area contributed by atoms with Gasteiger partial charge in [0, 0.05) is 24.3 Å². The number of anilines is 1. The molecule has 94 valence electrons. The van der Waals surface area contributed by atoms with Crippen LogP contribution in [0.15, 0.2) is 47.1 Å². The van der Waals surface area contributed by atoms with E-state index in [2.05, 4.69) is 37.9 Å². The molecular weight excluding hydrogens is 292 g/mol. The minimum absolute atomic E-state index is 0.0304. The molecule has 0 spiro atoms. The molecule has 1 aromatic carbocycles. The first kappa shape index (κ1) is 13.1. The summed E-state index contributed by atoms with van der Waals surface area (Å²) in [6, 6.07) is 12.0. The first-order valence-corrected chi connectivity index (χ1v) is 6.49. The van der Waals surface area contributed by atoms with E-state index in [1.54, 1.807) is 6.20 Å². The third kappa shape index (κ3) is 3.31. The van der Waals surface area contributed by atoms with Gasteiger partial charge in [-0.1, -0.05) is 34.1 Å². The van der Waals surface area contributed by atoms with Gasteiger partial charge in [0.15, 0.2) is 0 Å². The second kappa shape index (κ2) is 5.98. The van der Waals surface area contributed by atoms with Crippen molar-refractivity contribution >= 4 is 21.7 Å². The summed E-state index contributed by atoms with van der Waals surface area (Å²) in [5.41, 5.74) is 2.05. The molecular formula is C14H15BrN2O. The smallest absolute Gasteiger partial charge is 0.128 e. The van der Waals surface area contributed by atoms with Crippen LogP contribution in [0.2, 0.25) is 0 Å². The van der Waals surface area contributed by atoms with Gasteiger partial charge in [0.2, 0.25) is 0 Å². The fourth-order valence-electron chi connectivity index (χ4n) is 1.73. The molecule has 1 N–H and O–H groups in total. The van der Waals surface area contributed by atoms with E-state index in [4.69, 9.17) is 5.11 Å². The summed E-state index contributed by atoms with van der Waals surface area (Å²) >= 11 is 3.47. The van der Waals surface area contributed by atoms with Gasteiger partial charge in [-0.2, -0.15) is 0 Å². The first-order chi connectivity index (χ1) is 8.69. The van der Waals surface area contributed by atoms with Gasteiger partial charge in [0.1, 0.15) is 5.82 Å². The molecule has 1 heterocycles. The van der Waals surface area contributed by atoms with Crippen LogP contribution in [0.5, 0.6) is 0 Å². The predicted octanol–water partition coefficient (Wildman–Crippen LogP) is 2.97. The summed E-state index contributed by atoms with van der Waals surface area (Å²) in [4.78, 5) is 6.39. The van der Waals surface area contributed by atoms with E-state index in [9.17, 15) is 0 Å². The Bertz CT molecular complexity index is 513. The summed E-state index contributed by atoms with van der Waals surface area (Å²) < 4.78 is 1.08. The molecule has 0 saturated heterocycles. The highest BCUT2D eigenvalue weighted by molar-refractivity contribution is 9.10. The van der Waals surface area contributed by atoms with Crippen molar-refractivity contribution in [3.63, 3.8) is 0 Å². The maximum Gasteiger partial charge on any atom is 0.128 e. The molecule has 0 bridgehead atoms. The molecule has 4 heteroatoms. The number of rotatable bonds is 4. The van der Waals surface area contributed by atoms with Crippen molar-refractivity contribution in [1.29, 1.82) is 0 Å². The van der Waals surface area contributed by atoms with Gasteiger partial charge in [0.05, 0.1) is 6.61 Å². The Kier molecular flexibility index (Phi) is 4.33. The molecule has 0 radical (unpaired) electrons. The molecule has 0 fully saturated rings. The molecule has 0 amide bonds. The molecule has 2 aromatic rings. The molecule has 2 rings (SSSR count). The van der Waals surface area contributed by atoms with Gasteiger partial charge in [0.25, 0.3) is 0 Å². The number of nitrogens with zero attached hydrogens (tertiary/aromatic N) is 2. The van der Waals surface area contributed by atoms with Crippen molar-refractivity contribution in [3.05, 3.63) is 58.2 Å². The predicted molar refractivity (Wildman–Crippen MR) is 76.4 cm³/mol. The quantitative estimate of drug-likeness (QED) is 0.943. The molecule has 0 aliphatic rings. The maximum absolute atomic E-state index is 8.97. The van der Waals surface area contributed by atoms with Crippen LogP contribution in [-0.4, -0.2) is 17.1 Å². The van der Waals surface area contributed by atoms with Gasteiger partial charge in [-0.3, -0.25) is 0 Å². The topological polar surface area (TPSA) is 36.4 Å². The van der Waals surface area contributed by atoms with Crippen LogP contribution in [0, 0.1) is 0 Å². The average molecular weight is 307 g/mol. The van der Waals surface area contributed by atoms with Gasteiger partial charge >= 0.3 is 0 Å². The molecule has 0 aliphatic heterocycles. The van der Waals surface area contributed by atoms with Gasteiger partial charge < -0.3 is 10.0 Å². The minimum Gasteiger partial charge on any atom is -0.392 e. The van der Waals surface area contributed by atoms with Crippen LogP contribution in [0.4, 0.5) is 5.82 Å². The Hall–Kier alpha value is -1.39. The molecule has 0 aliphatic carbocycles. The largest absolute Gasteiger partial charge is 0.392 e. The molecule has 0 unspecified atom stereocenters. The van der Waals surface area contributed by atoms with Gasteiger partial charge in [-0.15, -0.1) is 0 Å². The Morgan fingerprint density at radius 2 is 2.06 bits per heavy atom. The van der Waals surface area contributed by atoms with E-state index in [0.717, 1.165) is 22.4 Å². The zero-order valence-electron chi connectivity index (χ0n) is 10.2. The lowest BCUT2D eigenvalue weighted by Crippen LogP contribution is -2.17. The number of hydrogen-bond donors (Lipinski definition) is 1. The normalized spacial score (nSPS) is 10.4. The Morgan fingerprint density at radius 3 is 2.67 bits per heavy atom. The maximum atomic E-state index is 8.97. The third-order valence-electron chi connectivity index (χ3n) is 2.69. The summed E-state index contributed by atoms with van der Waals surface area (Å²) in [6.07, 6.45) is 1.70. The first-order valence-electron chi connectivity index (χ1n) is 5.70. The highest BCUT2D eigenvalue weighted by Gasteiger charge is 2.04. The molecule has 3 nitrogen and oxygen atoms in total. The highest BCUT2D eigenvalue weighted by atomic mass is 79.9. The number of hydrogen-bond acceptors (Lipinski definition) is 3. The second-order valence-corrected chi connectivity index (χ2v) is 5.08. The van der Waals surface area contributed by atoms with Crippen LogP contribution < -0.4 is 4.90 Å². The average Bonchev–Trinajstić information content (AvgIpc) is 2.39.